The number of H-pyrrole nitrogens is 1. The minimum Gasteiger partial charge on any atom is -1.00 e. The van der Waals surface area contributed by atoms with Crippen LogP contribution in [-0.4, -0.2) is 34.1 Å². The number of aromatic nitrogens is 2. The Morgan fingerprint density at radius 1 is 1.23 bits per heavy atom. The molecule has 0 spiro atoms. The molecule has 1 fully saturated rings. The second-order valence-electron chi connectivity index (χ2n) is 7.07. The van der Waals surface area contributed by atoms with Crippen LogP contribution in [-0.2, 0) is 6.54 Å². The summed E-state index contributed by atoms with van der Waals surface area (Å²) in [5.74, 6) is 0.850. The minimum atomic E-state index is 0. The number of thiophene rings is 1. The van der Waals surface area contributed by atoms with Gasteiger partial charge in [0.1, 0.15) is 4.70 Å². The molecule has 26 heavy (non-hydrogen) atoms. The van der Waals surface area contributed by atoms with Gasteiger partial charge < -0.3 is 22.3 Å². The number of benzene rings is 1. The Balaban J connectivity index is 0.00000196. The molecule has 0 amide bonds. The van der Waals surface area contributed by atoms with Crippen molar-refractivity contribution in [3.05, 3.63) is 39.4 Å². The molecule has 1 aromatic carbocycles. The number of aromatic amines is 1. The Hall–Kier alpha value is -1.21. The number of nitrogens with zero attached hydrogens (tertiary/aromatic N) is 2. The van der Waals surface area contributed by atoms with Gasteiger partial charge in [-0.15, -0.1) is 11.3 Å². The van der Waals surface area contributed by atoms with Crippen LogP contribution in [0.15, 0.2) is 29.1 Å². The van der Waals surface area contributed by atoms with Gasteiger partial charge in [0.05, 0.1) is 5.52 Å². The maximum Gasteiger partial charge on any atom is 0.272 e. The Kier molecular flexibility index (Phi) is 6.17. The first kappa shape index (κ1) is 19.5. The molecule has 0 aliphatic carbocycles. The highest BCUT2D eigenvalue weighted by Gasteiger charge is 2.16. The molecule has 4 rings (SSSR count). The quantitative estimate of drug-likeness (QED) is 0.663. The van der Waals surface area contributed by atoms with E-state index in [1.165, 1.54) is 25.9 Å². The summed E-state index contributed by atoms with van der Waals surface area (Å²) < 4.78 is 4.18. The fourth-order valence-corrected chi connectivity index (χ4v) is 5.03. The second-order valence-corrected chi connectivity index (χ2v) is 8.51. The molecule has 0 saturated carbocycles. The van der Waals surface area contributed by atoms with Gasteiger partial charge in [-0.1, -0.05) is 25.1 Å². The molecule has 2 aromatic heterocycles. The van der Waals surface area contributed by atoms with Gasteiger partial charge in [-0.2, -0.15) is 0 Å². The summed E-state index contributed by atoms with van der Waals surface area (Å²) in [5.41, 5.74) is 0.934. The molecule has 4 nitrogen and oxygen atoms in total. The lowest BCUT2D eigenvalue weighted by Crippen LogP contribution is -3.00. The third-order valence-corrected chi connectivity index (χ3v) is 6.73. The summed E-state index contributed by atoms with van der Waals surface area (Å²) in [6.45, 7) is 6.41. The van der Waals surface area contributed by atoms with E-state index in [0.29, 0.717) is 11.3 Å². The second kappa shape index (κ2) is 8.21. The summed E-state index contributed by atoms with van der Waals surface area (Å²) in [6.07, 6.45) is 3.53. The van der Waals surface area contributed by atoms with E-state index >= 15 is 0 Å². The van der Waals surface area contributed by atoms with Gasteiger partial charge >= 0.3 is 0 Å². The van der Waals surface area contributed by atoms with E-state index in [2.05, 4.69) is 22.9 Å². The molecule has 7 heteroatoms. The average Bonchev–Trinajstić information content (AvgIpc) is 2.98. The topological polar surface area (TPSA) is 41.0 Å². The van der Waals surface area contributed by atoms with Crippen molar-refractivity contribution in [2.45, 2.75) is 32.7 Å². The standard InChI is InChI=1S/C19H23N3OS2.ClH/c1-13-7-11-21(12-8-13)9-4-10-22-18(23)17-16(20-19(22)24)14-5-2-3-6-15(14)25-17;/h2-3,5-6,13H,4,7-12H2,1H3,(H,20,24);1H/p-1. The molecule has 1 aliphatic heterocycles. The first-order chi connectivity index (χ1) is 12.1. The molecule has 0 radical (unpaired) electrons. The molecular formula is C19H23ClN3OS2-. The maximum atomic E-state index is 12.9. The van der Waals surface area contributed by atoms with E-state index in [1.807, 2.05) is 18.2 Å². The predicted molar refractivity (Wildman–Crippen MR) is 108 cm³/mol. The monoisotopic (exact) mass is 408 g/mol. The van der Waals surface area contributed by atoms with Gasteiger partial charge in [0.15, 0.2) is 4.77 Å². The van der Waals surface area contributed by atoms with E-state index < -0.39 is 0 Å². The minimum absolute atomic E-state index is 0. The third kappa shape index (κ3) is 3.74. The van der Waals surface area contributed by atoms with E-state index in [0.717, 1.165) is 39.2 Å². The van der Waals surface area contributed by atoms with Gasteiger partial charge in [0, 0.05) is 16.6 Å². The summed E-state index contributed by atoms with van der Waals surface area (Å²) in [6, 6.07) is 8.10. The van der Waals surface area contributed by atoms with Crippen molar-refractivity contribution in [3.8, 4) is 0 Å². The van der Waals surface area contributed by atoms with Crippen LogP contribution in [0.1, 0.15) is 26.2 Å². The first-order valence-electron chi connectivity index (χ1n) is 9.00. The largest absolute Gasteiger partial charge is 1.00 e. The fraction of sp³-hybridized carbons (Fsp3) is 0.474. The van der Waals surface area contributed by atoms with Crippen molar-refractivity contribution >= 4 is 43.9 Å². The number of likely N-dealkylation sites (tertiary alicyclic amines) is 1. The highest BCUT2D eigenvalue weighted by Crippen LogP contribution is 2.29. The summed E-state index contributed by atoms with van der Waals surface area (Å²) >= 11 is 7.03. The molecule has 0 unspecified atom stereocenters. The SMILES string of the molecule is CC1CCN(CCCn2c(=S)[nH]c3c(sc4ccccc43)c2=O)CC1.[Cl-]. The summed E-state index contributed by atoms with van der Waals surface area (Å²) in [4.78, 5) is 18.7. The van der Waals surface area contributed by atoms with Crippen molar-refractivity contribution in [3.63, 3.8) is 0 Å². The van der Waals surface area contributed by atoms with Crippen molar-refractivity contribution < 1.29 is 12.4 Å². The third-order valence-electron chi connectivity index (χ3n) is 5.24. The highest BCUT2D eigenvalue weighted by atomic mass is 35.5. The van der Waals surface area contributed by atoms with Crippen LogP contribution in [0.2, 0.25) is 0 Å². The zero-order chi connectivity index (χ0) is 17.4. The number of hydrogen-bond donors (Lipinski definition) is 1. The van der Waals surface area contributed by atoms with Crippen LogP contribution in [0.4, 0.5) is 0 Å². The van der Waals surface area contributed by atoms with E-state index in [-0.39, 0.29) is 18.0 Å². The lowest BCUT2D eigenvalue weighted by Gasteiger charge is -2.30. The zero-order valence-electron chi connectivity index (χ0n) is 14.8. The van der Waals surface area contributed by atoms with Crippen LogP contribution >= 0.6 is 23.6 Å². The summed E-state index contributed by atoms with van der Waals surface area (Å²) in [7, 11) is 0. The molecular weight excluding hydrogens is 386 g/mol. The maximum absolute atomic E-state index is 12.9. The molecule has 3 heterocycles. The van der Waals surface area contributed by atoms with Crippen LogP contribution in [0, 0.1) is 10.7 Å². The molecule has 3 aromatic rings. The van der Waals surface area contributed by atoms with E-state index in [9.17, 15) is 4.79 Å². The van der Waals surface area contributed by atoms with Crippen molar-refractivity contribution in [1.82, 2.24) is 14.5 Å². The zero-order valence-corrected chi connectivity index (χ0v) is 17.2. The number of halogens is 1. The van der Waals surface area contributed by atoms with Gasteiger partial charge in [-0.3, -0.25) is 9.36 Å². The smallest absolute Gasteiger partial charge is 0.272 e. The average molecular weight is 409 g/mol. The van der Waals surface area contributed by atoms with Gasteiger partial charge in [-0.05, 0) is 63.1 Å². The van der Waals surface area contributed by atoms with Crippen molar-refractivity contribution in [2.24, 2.45) is 5.92 Å². The number of fused-ring (bicyclic) bond motifs is 3. The van der Waals surface area contributed by atoms with E-state index in [1.54, 1.807) is 15.9 Å². The molecule has 140 valence electrons. The van der Waals surface area contributed by atoms with Gasteiger partial charge in [0.25, 0.3) is 5.56 Å². The number of hydrogen-bond acceptors (Lipinski definition) is 4. The molecule has 1 aliphatic rings. The van der Waals surface area contributed by atoms with Crippen LogP contribution in [0.5, 0.6) is 0 Å². The predicted octanol–water partition coefficient (Wildman–Crippen LogP) is 1.40. The lowest BCUT2D eigenvalue weighted by atomic mass is 9.99. The Labute approximate surface area is 168 Å². The van der Waals surface area contributed by atoms with Crippen LogP contribution in [0.3, 0.4) is 0 Å². The van der Waals surface area contributed by atoms with E-state index in [4.69, 9.17) is 12.2 Å². The molecule has 1 saturated heterocycles. The Morgan fingerprint density at radius 2 is 1.96 bits per heavy atom. The van der Waals surface area contributed by atoms with Crippen molar-refractivity contribution in [2.75, 3.05) is 19.6 Å². The Bertz CT molecular complexity index is 1010. The first-order valence-corrected chi connectivity index (χ1v) is 10.2. The van der Waals surface area contributed by atoms with Gasteiger partial charge in [-0.25, -0.2) is 0 Å². The van der Waals surface area contributed by atoms with Crippen molar-refractivity contribution in [1.29, 1.82) is 0 Å². The lowest BCUT2D eigenvalue weighted by molar-refractivity contribution is -0.00000507. The highest BCUT2D eigenvalue weighted by molar-refractivity contribution is 7.71. The molecule has 0 bridgehead atoms. The number of nitrogens with one attached hydrogen (secondary N) is 1. The normalized spacial score (nSPS) is 16.2. The van der Waals surface area contributed by atoms with Gasteiger partial charge in [0.2, 0.25) is 0 Å². The number of piperidine rings is 1. The van der Waals surface area contributed by atoms with Crippen LogP contribution in [0.25, 0.3) is 20.3 Å². The number of rotatable bonds is 4. The van der Waals surface area contributed by atoms with Crippen LogP contribution < -0.4 is 18.0 Å². The fourth-order valence-electron chi connectivity index (χ4n) is 3.65. The summed E-state index contributed by atoms with van der Waals surface area (Å²) in [5, 5.41) is 1.08. The molecule has 1 N–H and O–H groups in total. The Morgan fingerprint density at radius 3 is 2.73 bits per heavy atom. The molecule has 0 atom stereocenters.